The number of aliphatic hydroxyl groups is 3. The third-order valence-corrected chi connectivity index (χ3v) is 5.33. The summed E-state index contributed by atoms with van der Waals surface area (Å²) in [7, 11) is 0. The minimum atomic E-state index is -5.17. The molecule has 0 bridgehead atoms. The average Bonchev–Trinajstić information content (AvgIpc) is 2.90. The Morgan fingerprint density at radius 3 is 1.62 bits per heavy atom. The van der Waals surface area contributed by atoms with Crippen LogP contribution in [0.15, 0.2) is 48.5 Å². The third-order valence-electron chi connectivity index (χ3n) is 4.83. The number of nitro groups is 2. The molecule has 0 radical (unpaired) electrons. The molecule has 0 amide bonds. The van der Waals surface area contributed by atoms with Crippen molar-refractivity contribution in [3.63, 3.8) is 0 Å². The number of nitro benzene ring substituents is 2. The Morgan fingerprint density at radius 2 is 1.25 bits per heavy atom. The molecule has 0 aliphatic rings. The van der Waals surface area contributed by atoms with E-state index in [4.69, 9.17) is 0 Å². The van der Waals surface area contributed by atoms with Crippen molar-refractivity contribution >= 4 is 44.3 Å². The van der Waals surface area contributed by atoms with Crippen LogP contribution in [-0.2, 0) is 37.0 Å². The zero-order valence-electron chi connectivity index (χ0n) is 19.5. The van der Waals surface area contributed by atoms with Gasteiger partial charge in [-0.15, -0.1) is 0 Å². The van der Waals surface area contributed by atoms with Crippen molar-refractivity contribution in [3.8, 4) is 0 Å². The minimum Gasteiger partial charge on any atom is -0.429 e. The van der Waals surface area contributed by atoms with E-state index in [2.05, 4.69) is 18.9 Å². The first kappa shape index (κ1) is 31.9. The van der Waals surface area contributed by atoms with Crippen LogP contribution in [0.5, 0.6) is 0 Å². The largest absolute Gasteiger partial charge is 0.511 e. The number of halogens is 3. The number of benzene rings is 2. The Balaban J connectivity index is 2.07. The molecule has 16 nitrogen and oxygen atoms in total. The summed E-state index contributed by atoms with van der Waals surface area (Å²) in [6, 6.07) is 8.82. The van der Waals surface area contributed by atoms with Gasteiger partial charge in [0.2, 0.25) is 6.29 Å². The summed E-state index contributed by atoms with van der Waals surface area (Å²) in [4.78, 5) is 55.1. The molecule has 2 aromatic rings. The molecule has 0 saturated heterocycles. The first-order chi connectivity index (χ1) is 18.6. The Hall–Kier alpha value is -4.33. The molecular formula is C21H17BrF2N2O14. The topological polar surface area (TPSA) is 235 Å². The SMILES string of the molecule is O=C(OCc1ccc([N+](=O)[O-])cc1)OC(O)[C@@H](O)[C@@](O)(OC(=O)OCc1ccc([N+](=O)[O-])cc1)C(F)(F)C(=O)Br. The van der Waals surface area contributed by atoms with E-state index < -0.39 is 64.2 Å². The Bertz CT molecular complexity index is 1260. The summed E-state index contributed by atoms with van der Waals surface area (Å²) in [6.07, 6.45) is -10.4. The maximum atomic E-state index is 14.5. The zero-order chi connectivity index (χ0) is 30.3. The smallest absolute Gasteiger partial charge is 0.429 e. The molecule has 1 unspecified atom stereocenters. The van der Waals surface area contributed by atoms with E-state index in [9.17, 15) is 58.7 Å². The Kier molecular flexibility index (Phi) is 10.5. The van der Waals surface area contributed by atoms with Crippen molar-refractivity contribution in [1.82, 2.24) is 0 Å². The van der Waals surface area contributed by atoms with Gasteiger partial charge in [-0.1, -0.05) is 0 Å². The van der Waals surface area contributed by atoms with E-state index in [1.54, 1.807) is 0 Å². The predicted molar refractivity (Wildman–Crippen MR) is 125 cm³/mol. The number of carbonyl (C=O) groups excluding carboxylic acids is 3. The highest BCUT2D eigenvalue weighted by atomic mass is 79.9. The number of alkyl halides is 2. The average molecular weight is 639 g/mol. The first-order valence-electron chi connectivity index (χ1n) is 10.4. The summed E-state index contributed by atoms with van der Waals surface area (Å²) in [6.45, 7) is -1.35. The van der Waals surface area contributed by atoms with Gasteiger partial charge in [-0.3, -0.25) is 25.0 Å². The summed E-state index contributed by atoms with van der Waals surface area (Å²) >= 11 is 1.85. The summed E-state index contributed by atoms with van der Waals surface area (Å²) in [5.74, 6) is -9.76. The number of ether oxygens (including phenoxy) is 4. The van der Waals surface area contributed by atoms with Gasteiger partial charge < -0.3 is 34.3 Å². The highest BCUT2D eigenvalue weighted by molar-refractivity contribution is 9.18. The van der Waals surface area contributed by atoms with Gasteiger partial charge in [0.05, 0.1) is 9.85 Å². The standard InChI is InChI=1S/C21H17BrF2N2O14/c22-17(29)20(23,24)21(32,40-19(31)38-10-12-3-7-14(8-4-12)26(35)36)15(27)16(28)39-18(30)37-9-11-1-5-13(6-2-11)25(33)34/h1-8,15-16,27-28,32H,9-10H2/t15-,16?,21-/m1/s1. The number of nitrogens with zero attached hydrogens (tertiary/aromatic N) is 2. The molecule has 0 fully saturated rings. The fraction of sp³-hybridized carbons (Fsp3) is 0.286. The Labute approximate surface area is 229 Å². The number of hydrogen-bond donors (Lipinski definition) is 3. The van der Waals surface area contributed by atoms with Crippen LogP contribution in [0, 0.1) is 20.2 Å². The second-order valence-electron chi connectivity index (χ2n) is 7.52. The van der Waals surface area contributed by atoms with Crippen LogP contribution in [0.3, 0.4) is 0 Å². The molecule has 0 spiro atoms. The number of carbonyl (C=O) groups is 3. The van der Waals surface area contributed by atoms with Gasteiger partial charge in [0.25, 0.3) is 16.1 Å². The third kappa shape index (κ3) is 7.85. The number of aliphatic hydroxyl groups excluding tert-OH is 2. The monoisotopic (exact) mass is 638 g/mol. The molecule has 0 aromatic heterocycles. The van der Waals surface area contributed by atoms with Gasteiger partial charge >= 0.3 is 24.0 Å². The van der Waals surface area contributed by atoms with Crippen molar-refractivity contribution in [2.24, 2.45) is 0 Å². The lowest BCUT2D eigenvalue weighted by molar-refractivity contribution is -0.385. The van der Waals surface area contributed by atoms with Crippen LogP contribution in [0.25, 0.3) is 0 Å². The van der Waals surface area contributed by atoms with Crippen molar-refractivity contribution < 1.29 is 67.3 Å². The molecule has 3 atom stereocenters. The normalized spacial score (nSPS) is 14.2. The summed E-state index contributed by atoms with van der Waals surface area (Å²) in [5, 5.41) is 51.6. The molecule has 3 N–H and O–H groups in total. The Morgan fingerprint density at radius 1 is 0.850 bits per heavy atom. The van der Waals surface area contributed by atoms with E-state index in [0.717, 1.165) is 36.4 Å². The molecule has 0 aliphatic carbocycles. The number of rotatable bonds is 12. The van der Waals surface area contributed by atoms with Gasteiger partial charge in [0.1, 0.15) is 13.2 Å². The van der Waals surface area contributed by atoms with E-state index >= 15 is 0 Å². The molecule has 40 heavy (non-hydrogen) atoms. The highest BCUT2D eigenvalue weighted by Gasteiger charge is 2.67. The van der Waals surface area contributed by atoms with Gasteiger partial charge in [0.15, 0.2) is 6.10 Å². The van der Waals surface area contributed by atoms with Crippen LogP contribution < -0.4 is 0 Å². The van der Waals surface area contributed by atoms with Crippen LogP contribution >= 0.6 is 15.9 Å². The molecular weight excluding hydrogens is 622 g/mol. The lowest BCUT2D eigenvalue weighted by Gasteiger charge is -2.36. The molecule has 19 heteroatoms. The van der Waals surface area contributed by atoms with Crippen LogP contribution in [-0.4, -0.2) is 66.3 Å². The molecule has 216 valence electrons. The summed E-state index contributed by atoms with van der Waals surface area (Å²) in [5.41, 5.74) is -0.323. The fourth-order valence-electron chi connectivity index (χ4n) is 2.71. The molecule has 2 aromatic carbocycles. The van der Waals surface area contributed by atoms with Crippen molar-refractivity contribution in [3.05, 3.63) is 79.9 Å². The fourth-order valence-corrected chi connectivity index (χ4v) is 2.99. The van der Waals surface area contributed by atoms with Crippen LogP contribution in [0.2, 0.25) is 0 Å². The van der Waals surface area contributed by atoms with E-state index in [0.29, 0.717) is 0 Å². The number of non-ortho nitro benzene ring substituents is 2. The zero-order valence-corrected chi connectivity index (χ0v) is 21.1. The van der Waals surface area contributed by atoms with Crippen LogP contribution in [0.4, 0.5) is 29.7 Å². The number of hydrogen-bond acceptors (Lipinski definition) is 14. The second kappa shape index (κ2) is 13.2. The van der Waals surface area contributed by atoms with Gasteiger partial charge in [-0.25, -0.2) is 9.59 Å². The van der Waals surface area contributed by atoms with E-state index in [-0.39, 0.29) is 22.5 Å². The molecule has 0 aliphatic heterocycles. The lowest BCUT2D eigenvalue weighted by atomic mass is 10.0. The maximum Gasteiger partial charge on any atom is 0.511 e. The van der Waals surface area contributed by atoms with E-state index in [1.807, 2.05) is 15.9 Å². The van der Waals surface area contributed by atoms with E-state index in [1.165, 1.54) is 12.1 Å². The highest BCUT2D eigenvalue weighted by Crippen LogP contribution is 2.37. The van der Waals surface area contributed by atoms with Crippen molar-refractivity contribution in [2.45, 2.75) is 37.3 Å². The van der Waals surface area contributed by atoms with Crippen LogP contribution in [0.1, 0.15) is 11.1 Å². The second-order valence-corrected chi connectivity index (χ2v) is 8.24. The van der Waals surface area contributed by atoms with Gasteiger partial charge in [0, 0.05) is 24.3 Å². The minimum absolute atomic E-state index is 0.0918. The quantitative estimate of drug-likeness (QED) is 0.0995. The van der Waals surface area contributed by atoms with Crippen molar-refractivity contribution in [1.29, 1.82) is 0 Å². The molecule has 0 saturated carbocycles. The summed E-state index contributed by atoms with van der Waals surface area (Å²) < 4.78 is 44.0. The van der Waals surface area contributed by atoms with Gasteiger partial charge in [-0.2, -0.15) is 8.78 Å². The lowest BCUT2D eigenvalue weighted by Crippen LogP contribution is -2.65. The molecule has 2 rings (SSSR count). The predicted octanol–water partition coefficient (Wildman–Crippen LogP) is 2.43. The first-order valence-corrected chi connectivity index (χ1v) is 11.2. The molecule has 0 heterocycles. The van der Waals surface area contributed by atoms with Crippen molar-refractivity contribution in [2.75, 3.05) is 0 Å². The maximum absolute atomic E-state index is 14.5. The van der Waals surface area contributed by atoms with Gasteiger partial charge in [-0.05, 0) is 51.3 Å².